The zero-order valence-corrected chi connectivity index (χ0v) is 19.8. The number of halogens is 2. The van der Waals surface area contributed by atoms with Crippen molar-refractivity contribution in [2.75, 3.05) is 14.1 Å². The maximum absolute atomic E-state index is 12.7. The Morgan fingerprint density at radius 2 is 1.87 bits per heavy atom. The highest BCUT2D eigenvalue weighted by Gasteiger charge is 2.21. The van der Waals surface area contributed by atoms with E-state index in [9.17, 15) is 4.79 Å². The number of aryl methyl sites for hydroxylation is 1. The summed E-state index contributed by atoms with van der Waals surface area (Å²) in [5.41, 5.74) is 3.34. The van der Waals surface area contributed by atoms with Gasteiger partial charge in [0, 0.05) is 37.9 Å². The van der Waals surface area contributed by atoms with Crippen molar-refractivity contribution in [3.8, 4) is 0 Å². The minimum atomic E-state index is -0.397. The highest BCUT2D eigenvalue weighted by Crippen LogP contribution is 2.23. The highest BCUT2D eigenvalue weighted by atomic mass is 35.5. The van der Waals surface area contributed by atoms with E-state index in [1.807, 2.05) is 19.3 Å². The first-order valence-electron chi connectivity index (χ1n) is 10.3. The van der Waals surface area contributed by atoms with Crippen LogP contribution in [0.15, 0.2) is 36.7 Å². The lowest BCUT2D eigenvalue weighted by Crippen LogP contribution is -2.36. The van der Waals surface area contributed by atoms with Crippen LogP contribution in [0.25, 0.3) is 0 Å². The number of hydrogen-bond donors (Lipinski definition) is 2. The van der Waals surface area contributed by atoms with Crippen LogP contribution in [0.2, 0.25) is 0 Å². The number of likely N-dealkylation sites (N-methyl/N-ethyl adjacent to an activating group) is 1. The molecule has 2 N–H and O–H groups in total. The molecule has 0 bridgehead atoms. The maximum atomic E-state index is 12.7. The van der Waals surface area contributed by atoms with Crippen molar-refractivity contribution in [1.29, 1.82) is 0 Å². The van der Waals surface area contributed by atoms with E-state index < -0.39 is 6.04 Å². The van der Waals surface area contributed by atoms with Crippen LogP contribution in [-0.4, -0.2) is 40.7 Å². The summed E-state index contributed by atoms with van der Waals surface area (Å²) in [7, 11) is 5.88. The molecule has 0 aliphatic heterocycles. The molecule has 3 rings (SSSR count). The molecule has 0 radical (unpaired) electrons. The molecule has 6 nitrogen and oxygen atoms in total. The van der Waals surface area contributed by atoms with E-state index in [0.717, 1.165) is 12.1 Å². The van der Waals surface area contributed by atoms with Crippen LogP contribution < -0.4 is 10.6 Å². The standard InChI is InChI=1S/C22H33N5O.2ClH/c1-23-21(19-14-25-27(3)16-19)22(28)24-13-17-9-7-8-10-18(17)15-26(2)20-11-5-4-6-12-20;;/h7-10,14,16,20-21,23H,4-6,11-13,15H2,1-3H3,(H,24,28);2*1H. The Kier molecular flexibility index (Phi) is 11.4. The molecule has 2 aromatic rings. The van der Waals surface area contributed by atoms with Crippen molar-refractivity contribution in [2.45, 2.75) is 57.3 Å². The van der Waals surface area contributed by atoms with Crippen molar-refractivity contribution in [3.05, 3.63) is 53.3 Å². The molecular formula is C22H35Cl2N5O. The monoisotopic (exact) mass is 455 g/mol. The van der Waals surface area contributed by atoms with E-state index in [2.05, 4.69) is 45.9 Å². The number of rotatable bonds is 8. The zero-order valence-electron chi connectivity index (χ0n) is 18.1. The van der Waals surface area contributed by atoms with Crippen LogP contribution in [0.3, 0.4) is 0 Å². The molecule has 1 amide bonds. The summed E-state index contributed by atoms with van der Waals surface area (Å²) >= 11 is 0. The number of benzene rings is 1. The van der Waals surface area contributed by atoms with Gasteiger partial charge in [-0.2, -0.15) is 5.10 Å². The summed E-state index contributed by atoms with van der Waals surface area (Å²) in [6.07, 6.45) is 10.2. The smallest absolute Gasteiger partial charge is 0.242 e. The Morgan fingerprint density at radius 1 is 1.20 bits per heavy atom. The van der Waals surface area contributed by atoms with Gasteiger partial charge in [-0.25, -0.2) is 0 Å². The topological polar surface area (TPSA) is 62.2 Å². The van der Waals surface area contributed by atoms with E-state index in [1.165, 1.54) is 43.2 Å². The number of carbonyl (C=O) groups excluding carboxylic acids is 1. The molecule has 1 aromatic carbocycles. The lowest BCUT2D eigenvalue weighted by molar-refractivity contribution is -0.123. The van der Waals surface area contributed by atoms with Crippen LogP contribution in [0.1, 0.15) is 54.8 Å². The molecule has 168 valence electrons. The third-order valence-corrected chi connectivity index (χ3v) is 5.80. The van der Waals surface area contributed by atoms with E-state index in [1.54, 1.807) is 17.9 Å². The van der Waals surface area contributed by atoms with Crippen molar-refractivity contribution >= 4 is 30.7 Å². The van der Waals surface area contributed by atoms with Gasteiger partial charge in [0.2, 0.25) is 5.91 Å². The molecule has 0 saturated heterocycles. The van der Waals surface area contributed by atoms with Gasteiger partial charge in [0.25, 0.3) is 0 Å². The van der Waals surface area contributed by atoms with Crippen LogP contribution in [-0.2, 0) is 24.9 Å². The fourth-order valence-corrected chi connectivity index (χ4v) is 4.13. The number of amides is 1. The van der Waals surface area contributed by atoms with Gasteiger partial charge in [0.15, 0.2) is 0 Å². The lowest BCUT2D eigenvalue weighted by atomic mass is 9.94. The van der Waals surface area contributed by atoms with Gasteiger partial charge in [-0.3, -0.25) is 14.4 Å². The molecule has 1 fully saturated rings. The lowest BCUT2D eigenvalue weighted by Gasteiger charge is -2.31. The first-order chi connectivity index (χ1) is 13.6. The average molecular weight is 456 g/mol. The minimum absolute atomic E-state index is 0. The first-order valence-corrected chi connectivity index (χ1v) is 10.3. The van der Waals surface area contributed by atoms with Crippen LogP contribution >= 0.6 is 24.8 Å². The molecule has 30 heavy (non-hydrogen) atoms. The average Bonchev–Trinajstić information content (AvgIpc) is 3.14. The van der Waals surface area contributed by atoms with Crippen LogP contribution in [0.4, 0.5) is 0 Å². The van der Waals surface area contributed by atoms with E-state index in [4.69, 9.17) is 0 Å². The predicted octanol–water partition coefficient (Wildman–Crippen LogP) is 3.61. The van der Waals surface area contributed by atoms with Crippen LogP contribution in [0.5, 0.6) is 0 Å². The Labute approximate surface area is 192 Å². The molecule has 1 unspecified atom stereocenters. The fraction of sp³-hybridized carbons (Fsp3) is 0.545. The summed E-state index contributed by atoms with van der Waals surface area (Å²) in [6.45, 7) is 1.46. The maximum Gasteiger partial charge on any atom is 0.242 e. The van der Waals surface area contributed by atoms with Crippen molar-refractivity contribution in [1.82, 2.24) is 25.3 Å². The summed E-state index contributed by atoms with van der Waals surface area (Å²) in [4.78, 5) is 15.2. The Morgan fingerprint density at radius 3 is 2.47 bits per heavy atom. The largest absolute Gasteiger partial charge is 0.350 e. The molecule has 1 aromatic heterocycles. The fourth-order valence-electron chi connectivity index (χ4n) is 4.13. The van der Waals surface area contributed by atoms with Crippen molar-refractivity contribution in [3.63, 3.8) is 0 Å². The van der Waals surface area contributed by atoms with Gasteiger partial charge >= 0.3 is 0 Å². The van der Waals surface area contributed by atoms with E-state index in [0.29, 0.717) is 12.6 Å². The van der Waals surface area contributed by atoms with E-state index in [-0.39, 0.29) is 30.7 Å². The van der Waals surface area contributed by atoms with Crippen LogP contribution in [0, 0.1) is 0 Å². The number of carbonyl (C=O) groups is 1. The molecule has 0 spiro atoms. The van der Waals surface area contributed by atoms with E-state index >= 15 is 0 Å². The molecule has 1 aliphatic carbocycles. The predicted molar refractivity (Wildman–Crippen MR) is 126 cm³/mol. The Hall–Kier alpha value is -1.60. The number of aromatic nitrogens is 2. The first kappa shape index (κ1) is 26.4. The zero-order chi connectivity index (χ0) is 19.9. The quantitative estimate of drug-likeness (QED) is 0.637. The number of hydrogen-bond acceptors (Lipinski definition) is 4. The molecule has 8 heteroatoms. The molecule has 1 atom stereocenters. The van der Waals surface area contributed by atoms with Crippen molar-refractivity contribution < 1.29 is 4.79 Å². The summed E-state index contributed by atoms with van der Waals surface area (Å²) < 4.78 is 1.71. The van der Waals surface area contributed by atoms with Crippen molar-refractivity contribution in [2.24, 2.45) is 7.05 Å². The van der Waals surface area contributed by atoms with Gasteiger partial charge in [-0.1, -0.05) is 43.5 Å². The van der Waals surface area contributed by atoms with Gasteiger partial charge in [0.1, 0.15) is 6.04 Å². The molecular weight excluding hydrogens is 421 g/mol. The minimum Gasteiger partial charge on any atom is -0.350 e. The number of nitrogens with one attached hydrogen (secondary N) is 2. The van der Waals surface area contributed by atoms with Gasteiger partial charge < -0.3 is 10.6 Å². The molecule has 1 heterocycles. The van der Waals surface area contributed by atoms with Gasteiger partial charge in [0.05, 0.1) is 6.20 Å². The Bertz CT molecular complexity index is 776. The van der Waals surface area contributed by atoms with Gasteiger partial charge in [-0.15, -0.1) is 24.8 Å². The summed E-state index contributed by atoms with van der Waals surface area (Å²) in [6, 6.07) is 8.70. The number of nitrogens with zero attached hydrogens (tertiary/aromatic N) is 3. The SMILES string of the molecule is CNC(C(=O)NCc1ccccc1CN(C)C1CCCCC1)c1cnn(C)c1.Cl.Cl. The third-order valence-electron chi connectivity index (χ3n) is 5.80. The Balaban J connectivity index is 0.00000225. The summed E-state index contributed by atoms with van der Waals surface area (Å²) in [5.74, 6) is -0.0362. The molecule has 1 saturated carbocycles. The second-order valence-corrected chi connectivity index (χ2v) is 7.86. The normalized spacial score (nSPS) is 15.2. The second-order valence-electron chi connectivity index (χ2n) is 7.86. The van der Waals surface area contributed by atoms with Gasteiger partial charge in [-0.05, 0) is 38.1 Å². The highest BCUT2D eigenvalue weighted by molar-refractivity contribution is 5.85. The molecule has 1 aliphatic rings. The third kappa shape index (κ3) is 6.98. The second kappa shape index (κ2) is 13.0. The summed E-state index contributed by atoms with van der Waals surface area (Å²) in [5, 5.41) is 10.3.